The molecule has 0 aromatic carbocycles. The van der Waals surface area contributed by atoms with E-state index in [4.69, 9.17) is 82.0 Å². The van der Waals surface area contributed by atoms with E-state index in [1.54, 1.807) is 0 Å². The van der Waals surface area contributed by atoms with Crippen molar-refractivity contribution in [3.63, 3.8) is 0 Å². The molecule has 1 heterocycles. The molecule has 1 rings (SSSR count). The van der Waals surface area contributed by atoms with Crippen LogP contribution in [0.4, 0.5) is 0 Å². The first-order chi connectivity index (χ1) is 20.5. The van der Waals surface area contributed by atoms with Crippen LogP contribution in [0.5, 0.6) is 0 Å². The Hall–Kier alpha value is 2.27. The Morgan fingerprint density at radius 1 is 0.238 bits per heavy atom. The van der Waals surface area contributed by atoms with Gasteiger partial charge in [0.25, 0.3) is 0 Å². The van der Waals surface area contributed by atoms with Gasteiger partial charge in [-0.25, -0.2) is 0 Å². The Morgan fingerprint density at radius 3 is 0.548 bits per heavy atom. The molecule has 0 bridgehead atoms. The largest absolute Gasteiger partial charge is 0.415 e. The van der Waals surface area contributed by atoms with Crippen LogP contribution in [0.3, 0.4) is 0 Å². The van der Waals surface area contributed by atoms with Crippen LogP contribution in [-0.2, 0) is 12.3 Å². The molecule has 0 aliphatic carbocycles. The third-order valence-corrected chi connectivity index (χ3v) is 25.5. The minimum Gasteiger partial charge on any atom is -0.415 e. The number of unbranched alkanes of at least 4 members (excludes halogenated alkanes) is 12. The Labute approximate surface area is 292 Å². The highest BCUT2D eigenvalue weighted by Gasteiger charge is 2.60. The monoisotopic (exact) mass is 762 g/mol. The van der Waals surface area contributed by atoms with Crippen molar-refractivity contribution in [1.29, 1.82) is 0 Å². The van der Waals surface area contributed by atoms with Crippen LogP contribution < -0.4 is 0 Å². The minimum absolute atomic E-state index is 0.717. The quantitative estimate of drug-likeness (QED) is 0.0414. The van der Waals surface area contributed by atoms with Crippen molar-refractivity contribution >= 4 is 95.3 Å². The van der Waals surface area contributed by atoms with Gasteiger partial charge in [0.05, 0.1) is 0 Å². The maximum atomic E-state index is 7.59. The van der Waals surface area contributed by atoms with Crippen molar-refractivity contribution in [1.82, 2.24) is 0 Å². The number of hydrogen-bond donors (Lipinski definition) is 0. The molecule has 42 heavy (non-hydrogen) atoms. The summed E-state index contributed by atoms with van der Waals surface area (Å²) in [7, 11) is -7.56. The molecule has 0 N–H and O–H groups in total. The standard InChI is InChI=1S/C30H60Cl6O3Si3/c31-19-7-1-13-25-40(26-14-2-8-20-32)37-41(27-15-3-9-21-33,28-16-4-10-22-34)39-42(38-40,29-17-5-11-23-35)30-18-6-12-24-36/h1-30H2. The topological polar surface area (TPSA) is 27.7 Å². The van der Waals surface area contributed by atoms with E-state index in [-0.39, 0.29) is 0 Å². The molecule has 0 spiro atoms. The van der Waals surface area contributed by atoms with Crippen molar-refractivity contribution in [3.05, 3.63) is 0 Å². The molecular formula is C30H60Cl6O3Si3. The van der Waals surface area contributed by atoms with Crippen LogP contribution in [0.2, 0.25) is 36.3 Å². The maximum Gasteiger partial charge on any atom is 0.320 e. The Balaban J connectivity index is 3.48. The summed E-state index contributed by atoms with van der Waals surface area (Å²) >= 11 is 36.5. The zero-order valence-electron chi connectivity index (χ0n) is 26.2. The Kier molecular flexibility index (Phi) is 27.4. The number of hydrogen-bond acceptors (Lipinski definition) is 3. The average Bonchev–Trinajstić information content (AvgIpc) is 2.99. The van der Waals surface area contributed by atoms with Gasteiger partial charge in [-0.15, -0.1) is 69.6 Å². The molecule has 0 aromatic rings. The highest BCUT2D eigenvalue weighted by Crippen LogP contribution is 2.46. The van der Waals surface area contributed by atoms with Crippen LogP contribution in [-0.4, -0.2) is 61.0 Å². The first-order valence-corrected chi connectivity index (χ1v) is 26.8. The van der Waals surface area contributed by atoms with E-state index in [0.717, 1.165) is 187 Å². The SMILES string of the molecule is ClCCCCC[Si]1(CCCCCCl)O[Si](CCCCCCl)(CCCCCCl)O[Si](CCCCCCl)(CCCCCCl)O1. The molecule has 1 aliphatic rings. The highest BCUT2D eigenvalue weighted by atomic mass is 35.5. The van der Waals surface area contributed by atoms with Crippen molar-refractivity contribution in [2.24, 2.45) is 0 Å². The van der Waals surface area contributed by atoms with Gasteiger partial charge in [0.2, 0.25) is 0 Å². The number of rotatable bonds is 30. The summed E-state index contributed by atoms with van der Waals surface area (Å²) in [5.74, 6) is 4.30. The van der Waals surface area contributed by atoms with Crippen molar-refractivity contribution in [2.45, 2.75) is 152 Å². The molecule has 0 aromatic heterocycles. The summed E-state index contributed by atoms with van der Waals surface area (Å²) in [6.45, 7) is 0. The lowest BCUT2D eigenvalue weighted by Gasteiger charge is -2.54. The number of alkyl halides is 6. The van der Waals surface area contributed by atoms with Crippen molar-refractivity contribution in [3.8, 4) is 0 Å². The third-order valence-electron chi connectivity index (χ3n) is 8.26. The highest BCUT2D eigenvalue weighted by molar-refractivity contribution is 6.94. The summed E-state index contributed by atoms with van der Waals surface area (Å²) < 4.78 is 22.8. The third kappa shape index (κ3) is 18.6. The first kappa shape index (κ1) is 42.3. The molecule has 1 saturated heterocycles. The van der Waals surface area contributed by atoms with Gasteiger partial charge in [0.1, 0.15) is 0 Å². The van der Waals surface area contributed by atoms with Gasteiger partial charge in [-0.2, -0.15) is 0 Å². The fourth-order valence-corrected chi connectivity index (χ4v) is 27.3. The van der Waals surface area contributed by atoms with Gasteiger partial charge in [-0.1, -0.05) is 77.0 Å². The summed E-state index contributed by atoms with van der Waals surface area (Å²) in [4.78, 5) is 0. The first-order valence-electron chi connectivity index (χ1n) is 16.9. The lowest BCUT2D eigenvalue weighted by molar-refractivity contribution is 0.201. The summed E-state index contributed by atoms with van der Waals surface area (Å²) in [6, 6.07) is 6.36. The van der Waals surface area contributed by atoms with Gasteiger partial charge in [0.15, 0.2) is 0 Å². The molecule has 1 aliphatic heterocycles. The maximum absolute atomic E-state index is 7.59. The van der Waals surface area contributed by atoms with E-state index in [2.05, 4.69) is 0 Å². The summed E-state index contributed by atoms with van der Waals surface area (Å²) in [5, 5.41) is 0. The molecular weight excluding hydrogens is 705 g/mol. The minimum atomic E-state index is -2.52. The zero-order chi connectivity index (χ0) is 30.8. The molecule has 0 amide bonds. The lowest BCUT2D eigenvalue weighted by Crippen LogP contribution is -2.70. The van der Waals surface area contributed by atoms with Gasteiger partial charge in [-0.05, 0) is 74.8 Å². The predicted molar refractivity (Wildman–Crippen MR) is 197 cm³/mol. The molecule has 3 nitrogen and oxygen atoms in total. The second kappa shape index (κ2) is 27.2. The Bertz CT molecular complexity index is 498. The normalized spacial score (nSPS) is 17.6. The Morgan fingerprint density at radius 2 is 0.405 bits per heavy atom. The fourth-order valence-electron chi connectivity index (χ4n) is 6.06. The molecule has 0 unspecified atom stereocenters. The predicted octanol–water partition coefficient (Wildman–Crippen LogP) is 12.8. The van der Waals surface area contributed by atoms with Crippen LogP contribution >= 0.6 is 69.6 Å². The van der Waals surface area contributed by atoms with Gasteiger partial charge in [-0.3, -0.25) is 0 Å². The molecule has 1 fully saturated rings. The second-order valence-corrected chi connectivity index (χ2v) is 25.2. The summed E-state index contributed by atoms with van der Waals surface area (Å²) in [6.07, 6.45) is 19.8. The van der Waals surface area contributed by atoms with Crippen LogP contribution in [0.15, 0.2) is 0 Å². The van der Waals surface area contributed by atoms with Gasteiger partial charge in [0, 0.05) is 35.3 Å². The summed E-state index contributed by atoms with van der Waals surface area (Å²) in [5.41, 5.74) is 0. The second-order valence-electron chi connectivity index (χ2n) is 12.0. The molecule has 0 radical (unpaired) electrons. The smallest absolute Gasteiger partial charge is 0.320 e. The van der Waals surface area contributed by atoms with Gasteiger partial charge >= 0.3 is 25.7 Å². The van der Waals surface area contributed by atoms with E-state index in [1.165, 1.54) is 0 Å². The van der Waals surface area contributed by atoms with E-state index < -0.39 is 25.7 Å². The van der Waals surface area contributed by atoms with Crippen LogP contribution in [0.1, 0.15) is 116 Å². The van der Waals surface area contributed by atoms with E-state index in [9.17, 15) is 0 Å². The molecule has 0 atom stereocenters. The molecule has 0 saturated carbocycles. The van der Waals surface area contributed by atoms with E-state index >= 15 is 0 Å². The zero-order valence-corrected chi connectivity index (χ0v) is 33.7. The van der Waals surface area contributed by atoms with Crippen molar-refractivity contribution in [2.75, 3.05) is 35.3 Å². The van der Waals surface area contributed by atoms with Crippen LogP contribution in [0, 0.1) is 0 Å². The van der Waals surface area contributed by atoms with Crippen LogP contribution in [0.25, 0.3) is 0 Å². The van der Waals surface area contributed by atoms with E-state index in [0.29, 0.717) is 0 Å². The van der Waals surface area contributed by atoms with Gasteiger partial charge < -0.3 is 12.3 Å². The number of halogens is 6. The van der Waals surface area contributed by atoms with E-state index in [1.807, 2.05) is 0 Å². The molecule has 252 valence electrons. The van der Waals surface area contributed by atoms with Crippen molar-refractivity contribution < 1.29 is 12.3 Å². The molecule has 12 heteroatoms. The lowest BCUT2D eigenvalue weighted by atomic mass is 10.3. The fraction of sp³-hybridized carbons (Fsp3) is 1.00. The average molecular weight is 766 g/mol.